The summed E-state index contributed by atoms with van der Waals surface area (Å²) < 4.78 is 9.41. The molecule has 0 saturated heterocycles. The Bertz CT molecular complexity index is 65.7. The van der Waals surface area contributed by atoms with Gasteiger partial charge in [-0.2, -0.15) is 0 Å². The summed E-state index contributed by atoms with van der Waals surface area (Å²) in [6.45, 7) is 3.25. The van der Waals surface area contributed by atoms with Crippen LogP contribution in [0.1, 0.15) is 16.7 Å². The van der Waals surface area contributed by atoms with Crippen LogP contribution in [-0.4, -0.2) is 62.5 Å². The molecule has 1 N–H and O–H groups in total. The summed E-state index contributed by atoms with van der Waals surface area (Å²) in [5.74, 6) is 0. The van der Waals surface area contributed by atoms with Crippen LogP contribution in [0.3, 0.4) is 0 Å². The van der Waals surface area contributed by atoms with Crippen molar-refractivity contribution in [3.63, 3.8) is 0 Å². The Labute approximate surface area is 88.3 Å². The predicted octanol–water partition coefficient (Wildman–Crippen LogP) is 0.178. The molecule has 2 atom stereocenters. The molecule has 0 aromatic rings. The summed E-state index contributed by atoms with van der Waals surface area (Å²) in [6, 6.07) is 0. The summed E-state index contributed by atoms with van der Waals surface area (Å²) in [5, 5.41) is 8.55. The van der Waals surface area contributed by atoms with Crippen LogP contribution in [0, 0.1) is 0 Å². The molecule has 0 aliphatic carbocycles. The average molecular weight is 162 g/mol. The molecular weight excluding hydrogens is 148 g/mol. The number of methoxy groups -OCH3 is 1. The van der Waals surface area contributed by atoms with Crippen LogP contribution in [0.15, 0.2) is 0 Å². The Morgan fingerprint density at radius 1 is 1.44 bits per heavy atom. The molecule has 0 amide bonds. The largest absolute Gasteiger partial charge is 2.00 e. The minimum Gasteiger partial charge on any atom is -1.00 e. The van der Waals surface area contributed by atoms with Crippen LogP contribution >= 0.6 is 0 Å². The third kappa shape index (κ3) is 9.14. The molecule has 54 valence electrons. The molecule has 0 bridgehead atoms. The molecule has 0 spiro atoms. The molecule has 2 unspecified atom stereocenters. The molecule has 9 heavy (non-hydrogen) atoms. The standard InChI is InChI=1S/C5H12O3.Ca.2H/c1-4(6)8-5(2)7-3;;;/h4-6H,1-3H3;;;/q;+2;2*-1. The van der Waals surface area contributed by atoms with Gasteiger partial charge in [-0.1, -0.05) is 0 Å². The Hall–Kier alpha value is 1.14. The predicted molar refractivity (Wildman–Crippen MR) is 37.2 cm³/mol. The minimum atomic E-state index is -0.745. The number of aliphatic hydroxyl groups is 1. The van der Waals surface area contributed by atoms with Gasteiger partial charge in [0.2, 0.25) is 0 Å². The Morgan fingerprint density at radius 2 is 1.89 bits per heavy atom. The minimum absolute atomic E-state index is 0. The molecule has 0 aromatic carbocycles. The normalized spacial score (nSPS) is 16.0. The van der Waals surface area contributed by atoms with Gasteiger partial charge in [0.05, 0.1) is 0 Å². The summed E-state index contributed by atoms with van der Waals surface area (Å²) in [4.78, 5) is 0. The van der Waals surface area contributed by atoms with E-state index in [1.807, 2.05) is 0 Å². The molecule has 0 aliphatic rings. The third-order valence-electron chi connectivity index (χ3n) is 0.721. The second-order valence-electron chi connectivity index (χ2n) is 1.54. The van der Waals surface area contributed by atoms with Crippen molar-refractivity contribution < 1.29 is 17.4 Å². The zero-order valence-corrected chi connectivity index (χ0v) is 8.33. The van der Waals surface area contributed by atoms with Gasteiger partial charge < -0.3 is 17.4 Å². The van der Waals surface area contributed by atoms with E-state index in [-0.39, 0.29) is 46.9 Å². The van der Waals surface area contributed by atoms with Gasteiger partial charge in [-0.3, -0.25) is 0 Å². The maximum Gasteiger partial charge on any atom is 2.00 e. The smallest absolute Gasteiger partial charge is 1.00 e. The Morgan fingerprint density at radius 3 is 2.00 bits per heavy atom. The number of hydrogen-bond acceptors (Lipinski definition) is 3. The molecule has 0 aliphatic heterocycles. The summed E-state index contributed by atoms with van der Waals surface area (Å²) >= 11 is 0. The Kier molecular flexibility index (Phi) is 10.3. The third-order valence-corrected chi connectivity index (χ3v) is 0.721. The summed E-state index contributed by atoms with van der Waals surface area (Å²) in [5.41, 5.74) is 0. The van der Waals surface area contributed by atoms with Gasteiger partial charge in [0.15, 0.2) is 12.6 Å². The van der Waals surface area contributed by atoms with E-state index in [9.17, 15) is 0 Å². The first-order chi connectivity index (χ1) is 3.66. The van der Waals surface area contributed by atoms with Crippen LogP contribution in [0.4, 0.5) is 0 Å². The van der Waals surface area contributed by atoms with Crippen LogP contribution < -0.4 is 0 Å². The zero-order chi connectivity index (χ0) is 6.57. The zero-order valence-electron chi connectivity index (χ0n) is 8.13. The molecule has 0 fully saturated rings. The van der Waals surface area contributed by atoms with Crippen LogP contribution in [0.25, 0.3) is 0 Å². The van der Waals surface area contributed by atoms with Crippen molar-refractivity contribution in [3.8, 4) is 0 Å². The van der Waals surface area contributed by atoms with Gasteiger partial charge in [-0.25, -0.2) is 0 Å². The van der Waals surface area contributed by atoms with E-state index in [1.54, 1.807) is 6.92 Å². The van der Waals surface area contributed by atoms with E-state index >= 15 is 0 Å². The molecule has 0 saturated carbocycles. The summed E-state index contributed by atoms with van der Waals surface area (Å²) in [6.07, 6.45) is -1.07. The van der Waals surface area contributed by atoms with Gasteiger partial charge in [-0.15, -0.1) is 0 Å². The first-order valence-corrected chi connectivity index (χ1v) is 2.53. The number of hydrogen-bond donors (Lipinski definition) is 1. The number of rotatable bonds is 3. The van der Waals surface area contributed by atoms with Crippen molar-refractivity contribution in [2.24, 2.45) is 0 Å². The van der Waals surface area contributed by atoms with Crippen molar-refractivity contribution in [2.45, 2.75) is 26.4 Å². The van der Waals surface area contributed by atoms with Crippen LogP contribution in [-0.2, 0) is 9.47 Å². The van der Waals surface area contributed by atoms with E-state index in [0.717, 1.165) is 0 Å². The fraction of sp³-hybridized carbons (Fsp3) is 1.00. The molecule has 0 radical (unpaired) electrons. The second kappa shape index (κ2) is 7.25. The van der Waals surface area contributed by atoms with Gasteiger partial charge >= 0.3 is 37.7 Å². The first kappa shape index (κ1) is 12.8. The van der Waals surface area contributed by atoms with Gasteiger partial charge in [0.1, 0.15) is 0 Å². The van der Waals surface area contributed by atoms with E-state index in [1.165, 1.54) is 14.0 Å². The average Bonchev–Trinajstić information content (AvgIpc) is 1.65. The molecule has 4 heteroatoms. The Balaban J connectivity index is -0.0000000817. The van der Waals surface area contributed by atoms with E-state index < -0.39 is 6.29 Å². The quantitative estimate of drug-likeness (QED) is 0.475. The maximum atomic E-state index is 8.55. The maximum absolute atomic E-state index is 8.55. The number of ether oxygens (including phenoxy) is 2. The topological polar surface area (TPSA) is 38.7 Å². The van der Waals surface area contributed by atoms with Crippen molar-refractivity contribution in [1.82, 2.24) is 0 Å². The van der Waals surface area contributed by atoms with Crippen molar-refractivity contribution in [1.29, 1.82) is 0 Å². The van der Waals surface area contributed by atoms with Crippen molar-refractivity contribution in [3.05, 3.63) is 0 Å². The van der Waals surface area contributed by atoms with Crippen LogP contribution in [0.5, 0.6) is 0 Å². The summed E-state index contributed by atoms with van der Waals surface area (Å²) in [7, 11) is 1.52. The monoisotopic (exact) mass is 162 g/mol. The molecular formula is C5H14CaO3. The fourth-order valence-corrected chi connectivity index (χ4v) is 0.333. The molecule has 0 aromatic heterocycles. The van der Waals surface area contributed by atoms with E-state index in [4.69, 9.17) is 9.84 Å². The van der Waals surface area contributed by atoms with E-state index in [0.29, 0.717) is 0 Å². The first-order valence-electron chi connectivity index (χ1n) is 2.53. The molecule has 0 heterocycles. The van der Waals surface area contributed by atoms with Crippen LogP contribution in [0.2, 0.25) is 0 Å². The van der Waals surface area contributed by atoms with Gasteiger partial charge in [0.25, 0.3) is 0 Å². The fourth-order valence-electron chi connectivity index (χ4n) is 0.333. The van der Waals surface area contributed by atoms with Gasteiger partial charge in [0, 0.05) is 7.11 Å². The van der Waals surface area contributed by atoms with E-state index in [2.05, 4.69) is 4.74 Å². The van der Waals surface area contributed by atoms with Crippen molar-refractivity contribution >= 4 is 37.7 Å². The SMILES string of the molecule is COC(C)OC(C)O.[Ca+2].[H-].[H-]. The molecule has 3 nitrogen and oxygen atoms in total. The van der Waals surface area contributed by atoms with Crippen molar-refractivity contribution in [2.75, 3.05) is 7.11 Å². The van der Waals surface area contributed by atoms with Gasteiger partial charge in [-0.05, 0) is 13.8 Å². The second-order valence-corrected chi connectivity index (χ2v) is 1.54. The molecule has 0 rings (SSSR count). The number of aliphatic hydroxyl groups excluding tert-OH is 1.